The van der Waals surface area contributed by atoms with Crippen LogP contribution in [0.5, 0.6) is 0 Å². The molecule has 0 atom stereocenters. The van der Waals surface area contributed by atoms with E-state index in [2.05, 4.69) is 44.6 Å². The van der Waals surface area contributed by atoms with E-state index in [-0.39, 0.29) is 0 Å². The quantitative estimate of drug-likeness (QED) is 0.809. The summed E-state index contributed by atoms with van der Waals surface area (Å²) in [6.07, 6.45) is 3.43. The topological polar surface area (TPSA) is 42.2 Å². The Morgan fingerprint density at radius 1 is 1.39 bits per heavy atom. The molecule has 2 aromatic heterocycles. The summed E-state index contributed by atoms with van der Waals surface area (Å²) in [6, 6.07) is 3.88. The molecule has 96 valence electrons. The minimum absolute atomic E-state index is 0.309. The zero-order chi connectivity index (χ0) is 13.1. The van der Waals surface area contributed by atoms with E-state index >= 15 is 0 Å². The van der Waals surface area contributed by atoms with Crippen LogP contribution >= 0.6 is 15.9 Å². The molecule has 0 bridgehead atoms. The SMILES string of the molecule is CC(C)c1nc(Br)cc(N(C)Cc2ccoc2)n1. The van der Waals surface area contributed by atoms with E-state index in [0.29, 0.717) is 5.92 Å². The van der Waals surface area contributed by atoms with Crippen molar-refractivity contribution in [2.45, 2.75) is 26.3 Å². The second-order valence-electron chi connectivity index (χ2n) is 4.55. The smallest absolute Gasteiger partial charge is 0.134 e. The van der Waals surface area contributed by atoms with Crippen molar-refractivity contribution in [1.82, 2.24) is 9.97 Å². The van der Waals surface area contributed by atoms with Crippen molar-refractivity contribution in [1.29, 1.82) is 0 Å². The molecule has 0 aromatic carbocycles. The lowest BCUT2D eigenvalue weighted by molar-refractivity contribution is 0.563. The van der Waals surface area contributed by atoms with Crippen LogP contribution in [0.1, 0.15) is 31.2 Å². The van der Waals surface area contributed by atoms with Gasteiger partial charge in [0.25, 0.3) is 0 Å². The van der Waals surface area contributed by atoms with Gasteiger partial charge in [0, 0.05) is 31.1 Å². The average Bonchev–Trinajstić information content (AvgIpc) is 2.80. The van der Waals surface area contributed by atoms with E-state index in [1.807, 2.05) is 19.2 Å². The first-order valence-corrected chi connectivity index (χ1v) is 6.62. The molecule has 5 heteroatoms. The molecule has 0 unspecified atom stereocenters. The molecular weight excluding hydrogens is 294 g/mol. The Morgan fingerprint density at radius 3 is 2.78 bits per heavy atom. The highest BCUT2D eigenvalue weighted by molar-refractivity contribution is 9.10. The van der Waals surface area contributed by atoms with Gasteiger partial charge in [-0.05, 0) is 22.0 Å². The standard InChI is InChI=1S/C13H16BrN3O/c1-9(2)13-15-11(14)6-12(16-13)17(3)7-10-4-5-18-8-10/h4-6,8-9H,7H2,1-3H3. The van der Waals surface area contributed by atoms with Crippen molar-refractivity contribution < 1.29 is 4.42 Å². The van der Waals surface area contributed by atoms with Crippen LogP contribution in [0.2, 0.25) is 0 Å². The van der Waals surface area contributed by atoms with Crippen LogP contribution in [-0.2, 0) is 6.54 Å². The highest BCUT2D eigenvalue weighted by Crippen LogP contribution is 2.20. The van der Waals surface area contributed by atoms with Crippen molar-refractivity contribution in [3.05, 3.63) is 40.7 Å². The second-order valence-corrected chi connectivity index (χ2v) is 5.36. The largest absolute Gasteiger partial charge is 0.472 e. The maximum atomic E-state index is 5.07. The maximum Gasteiger partial charge on any atom is 0.134 e. The fraction of sp³-hybridized carbons (Fsp3) is 0.385. The summed E-state index contributed by atoms with van der Waals surface area (Å²) < 4.78 is 5.88. The summed E-state index contributed by atoms with van der Waals surface area (Å²) in [5.41, 5.74) is 1.12. The van der Waals surface area contributed by atoms with Crippen LogP contribution in [0.25, 0.3) is 0 Å². The molecule has 0 spiro atoms. The number of anilines is 1. The van der Waals surface area contributed by atoms with Crippen LogP contribution in [0.4, 0.5) is 5.82 Å². The van der Waals surface area contributed by atoms with E-state index in [0.717, 1.165) is 28.4 Å². The predicted octanol–water partition coefficient (Wildman–Crippen LogP) is 3.59. The monoisotopic (exact) mass is 309 g/mol. The number of hydrogen-bond donors (Lipinski definition) is 0. The summed E-state index contributed by atoms with van der Waals surface area (Å²) in [5.74, 6) is 2.06. The Kier molecular flexibility index (Phi) is 4.01. The lowest BCUT2D eigenvalue weighted by Crippen LogP contribution is -2.18. The highest BCUT2D eigenvalue weighted by atomic mass is 79.9. The Morgan fingerprint density at radius 2 is 2.17 bits per heavy atom. The van der Waals surface area contributed by atoms with Gasteiger partial charge in [-0.15, -0.1) is 0 Å². The van der Waals surface area contributed by atoms with Gasteiger partial charge in [0.15, 0.2) is 0 Å². The fourth-order valence-corrected chi connectivity index (χ4v) is 2.00. The number of halogens is 1. The summed E-state index contributed by atoms with van der Waals surface area (Å²) in [5, 5.41) is 0. The number of hydrogen-bond acceptors (Lipinski definition) is 4. The molecule has 0 aliphatic carbocycles. The molecule has 0 saturated heterocycles. The minimum Gasteiger partial charge on any atom is -0.472 e. The molecule has 2 heterocycles. The third-order valence-corrected chi connectivity index (χ3v) is 3.01. The molecule has 2 rings (SSSR count). The lowest BCUT2D eigenvalue weighted by Gasteiger charge is -2.18. The molecule has 4 nitrogen and oxygen atoms in total. The Hall–Kier alpha value is -1.36. The van der Waals surface area contributed by atoms with E-state index in [1.165, 1.54) is 0 Å². The van der Waals surface area contributed by atoms with Gasteiger partial charge >= 0.3 is 0 Å². The molecule has 18 heavy (non-hydrogen) atoms. The number of aromatic nitrogens is 2. The Bertz CT molecular complexity index is 511. The van der Waals surface area contributed by atoms with E-state index in [9.17, 15) is 0 Å². The Balaban J connectivity index is 2.21. The first-order chi connectivity index (χ1) is 8.56. The van der Waals surface area contributed by atoms with Gasteiger partial charge in [-0.25, -0.2) is 9.97 Å². The first kappa shape index (κ1) is 13.1. The van der Waals surface area contributed by atoms with Crippen molar-refractivity contribution >= 4 is 21.7 Å². The number of rotatable bonds is 4. The number of furan rings is 1. The number of nitrogens with zero attached hydrogens (tertiary/aromatic N) is 3. The molecule has 0 aliphatic heterocycles. The van der Waals surface area contributed by atoms with Gasteiger partial charge in [0.2, 0.25) is 0 Å². The second kappa shape index (κ2) is 5.52. The molecule has 0 N–H and O–H groups in total. The van der Waals surface area contributed by atoms with Crippen LogP contribution < -0.4 is 4.90 Å². The van der Waals surface area contributed by atoms with Gasteiger partial charge in [0.05, 0.1) is 12.5 Å². The van der Waals surface area contributed by atoms with Crippen molar-refractivity contribution in [3.8, 4) is 0 Å². The van der Waals surface area contributed by atoms with Gasteiger partial charge in [0.1, 0.15) is 16.2 Å². The van der Waals surface area contributed by atoms with Gasteiger partial charge in [-0.2, -0.15) is 0 Å². The average molecular weight is 310 g/mol. The van der Waals surface area contributed by atoms with Gasteiger partial charge < -0.3 is 9.32 Å². The predicted molar refractivity (Wildman–Crippen MR) is 74.6 cm³/mol. The van der Waals surface area contributed by atoms with Gasteiger partial charge in [-0.3, -0.25) is 0 Å². The summed E-state index contributed by atoms with van der Waals surface area (Å²) in [7, 11) is 2.01. The third kappa shape index (κ3) is 3.10. The zero-order valence-corrected chi connectivity index (χ0v) is 12.3. The molecule has 0 fully saturated rings. The van der Waals surface area contributed by atoms with E-state index in [1.54, 1.807) is 12.5 Å². The fourth-order valence-electron chi connectivity index (χ4n) is 1.61. The molecule has 0 aliphatic rings. The summed E-state index contributed by atoms with van der Waals surface area (Å²) in [6.45, 7) is 4.93. The summed E-state index contributed by atoms with van der Waals surface area (Å²) in [4.78, 5) is 11.0. The zero-order valence-electron chi connectivity index (χ0n) is 10.7. The van der Waals surface area contributed by atoms with Gasteiger partial charge in [-0.1, -0.05) is 13.8 Å². The molecule has 0 radical (unpaired) electrons. The van der Waals surface area contributed by atoms with Crippen molar-refractivity contribution in [2.24, 2.45) is 0 Å². The third-order valence-electron chi connectivity index (χ3n) is 2.61. The van der Waals surface area contributed by atoms with Crippen LogP contribution in [-0.4, -0.2) is 17.0 Å². The van der Waals surface area contributed by atoms with Crippen molar-refractivity contribution in [2.75, 3.05) is 11.9 Å². The lowest BCUT2D eigenvalue weighted by atomic mass is 10.2. The normalized spacial score (nSPS) is 10.9. The molecule has 0 amide bonds. The molecular formula is C13H16BrN3O. The minimum atomic E-state index is 0.309. The van der Waals surface area contributed by atoms with Crippen LogP contribution in [0, 0.1) is 0 Å². The van der Waals surface area contributed by atoms with Crippen molar-refractivity contribution in [3.63, 3.8) is 0 Å². The first-order valence-electron chi connectivity index (χ1n) is 5.83. The van der Waals surface area contributed by atoms with E-state index < -0.39 is 0 Å². The van der Waals surface area contributed by atoms with E-state index in [4.69, 9.17) is 4.42 Å². The highest BCUT2D eigenvalue weighted by Gasteiger charge is 2.10. The Labute approximate surface area is 115 Å². The molecule has 2 aromatic rings. The van der Waals surface area contributed by atoms with Crippen LogP contribution in [0.3, 0.4) is 0 Å². The summed E-state index contributed by atoms with van der Waals surface area (Å²) >= 11 is 3.43. The maximum absolute atomic E-state index is 5.07. The molecule has 0 saturated carbocycles. The van der Waals surface area contributed by atoms with Crippen LogP contribution in [0.15, 0.2) is 33.7 Å².